The third kappa shape index (κ3) is 9.62. The van der Waals surface area contributed by atoms with Crippen molar-refractivity contribution < 1.29 is 8.78 Å². The number of pyridine rings is 4. The van der Waals surface area contributed by atoms with Crippen LogP contribution >= 0.6 is 0 Å². The Morgan fingerprint density at radius 2 is 0.544 bits per heavy atom. The molecule has 0 N–H and O–H groups in total. The van der Waals surface area contributed by atoms with Crippen LogP contribution in [0.15, 0.2) is 298 Å². The normalized spacial score (nSPS) is 11.4. The summed E-state index contributed by atoms with van der Waals surface area (Å²) >= 11 is 0. The highest BCUT2D eigenvalue weighted by molar-refractivity contribution is 6.14. The fourth-order valence-electron chi connectivity index (χ4n) is 12.8. The third-order valence-electron chi connectivity index (χ3n) is 17.0. The smallest absolute Gasteiger partial charge is 0.126 e. The fourth-order valence-corrected chi connectivity index (χ4v) is 12.8. The summed E-state index contributed by atoms with van der Waals surface area (Å²) in [5.41, 5.74) is 20.1. The van der Waals surface area contributed by atoms with Crippen LogP contribution in [-0.4, -0.2) is 29.1 Å². The number of fused-ring (bicyclic) bond motifs is 6. The van der Waals surface area contributed by atoms with Gasteiger partial charge in [0.15, 0.2) is 0 Å². The summed E-state index contributed by atoms with van der Waals surface area (Å²) in [6.45, 7) is 0. The van der Waals surface area contributed by atoms with E-state index in [2.05, 4.69) is 112 Å². The van der Waals surface area contributed by atoms with E-state index in [-0.39, 0.29) is 5.56 Å². The molecule has 0 spiro atoms. The maximum Gasteiger partial charge on any atom is 0.126 e. The first kappa shape index (κ1) is 53.2. The lowest BCUT2D eigenvalue weighted by Gasteiger charge is -2.21. The zero-order valence-corrected chi connectivity index (χ0v) is 48.2. The molecule has 10 aromatic carbocycles. The van der Waals surface area contributed by atoms with Crippen LogP contribution in [0.25, 0.3) is 156 Å². The van der Waals surface area contributed by atoms with Crippen molar-refractivity contribution in [3.63, 3.8) is 0 Å². The predicted molar refractivity (Wildman–Crippen MR) is 360 cm³/mol. The Balaban J connectivity index is 1.01. The first-order valence-corrected chi connectivity index (χ1v) is 29.6. The van der Waals surface area contributed by atoms with Crippen LogP contribution in [0.2, 0.25) is 0 Å². The lowest BCUT2D eigenvalue weighted by molar-refractivity contribution is 0.584. The molecule has 0 unspecified atom stereocenters. The van der Waals surface area contributed by atoms with Crippen LogP contribution in [0.5, 0.6) is 0 Å². The van der Waals surface area contributed by atoms with Gasteiger partial charge in [0.05, 0.1) is 67.8 Å². The highest BCUT2D eigenvalue weighted by Crippen LogP contribution is 2.46. The van der Waals surface area contributed by atoms with E-state index in [0.29, 0.717) is 22.5 Å². The second kappa shape index (κ2) is 22.2. The summed E-state index contributed by atoms with van der Waals surface area (Å²) in [6.07, 6.45) is 7.32. The molecule has 16 aromatic rings. The maximum absolute atomic E-state index is 16.5. The molecular weight excluding hydrogens is 1110 g/mol. The van der Waals surface area contributed by atoms with Gasteiger partial charge in [-0.3, -0.25) is 19.9 Å². The highest BCUT2D eigenvalue weighted by Gasteiger charge is 2.26. The van der Waals surface area contributed by atoms with E-state index in [1.54, 1.807) is 0 Å². The van der Waals surface area contributed by atoms with Crippen molar-refractivity contribution in [1.29, 1.82) is 5.26 Å². The van der Waals surface area contributed by atoms with Crippen molar-refractivity contribution in [2.45, 2.75) is 0 Å². The van der Waals surface area contributed by atoms with Gasteiger partial charge in [-0.15, -0.1) is 0 Å². The van der Waals surface area contributed by atoms with E-state index in [4.69, 9.17) is 19.9 Å². The van der Waals surface area contributed by atoms with Crippen LogP contribution in [0.4, 0.5) is 8.78 Å². The van der Waals surface area contributed by atoms with Gasteiger partial charge in [0.25, 0.3) is 0 Å². The fraction of sp³-hybridized carbons (Fsp3) is 0. The zero-order chi connectivity index (χ0) is 60.2. The quantitative estimate of drug-likeness (QED) is 0.129. The van der Waals surface area contributed by atoms with Crippen LogP contribution < -0.4 is 0 Å². The third-order valence-corrected chi connectivity index (χ3v) is 17.0. The number of hydrogen-bond acceptors (Lipinski definition) is 5. The Morgan fingerprint density at radius 1 is 0.267 bits per heavy atom. The monoisotopic (exact) mass is 1160 g/mol. The molecule has 422 valence electrons. The minimum atomic E-state index is -0.748. The number of nitrogens with zero attached hydrogens (tertiary/aromatic N) is 7. The summed E-state index contributed by atoms with van der Waals surface area (Å²) < 4.78 is 37.3. The maximum atomic E-state index is 16.5. The summed E-state index contributed by atoms with van der Waals surface area (Å²) in [6, 6.07) is 92.5. The molecule has 0 radical (unpaired) electrons. The summed E-state index contributed by atoms with van der Waals surface area (Å²) in [5.74, 6) is -1.50. The SMILES string of the molecule is N#Cc1cc(-n2c3cc(-c4ccnc(-c5ccccc5)c4)ccc3c3ccc(-c4ccnc(-c5ccccc5)c4)cc32)c(-c2cc(F)cc(F)c2)c(-n2c3cc(-c4ccnc(-c5ccccc5)c4)ccc3c3ccc(-c4ccnc(-c5ccccc5)c4)cc32)c1. The molecule has 0 fully saturated rings. The van der Waals surface area contributed by atoms with Crippen LogP contribution in [-0.2, 0) is 0 Å². The van der Waals surface area contributed by atoms with Crippen molar-refractivity contribution >= 4 is 43.6 Å². The second-order valence-electron chi connectivity index (χ2n) is 22.4. The molecule has 6 aromatic heterocycles. The average molecular weight is 1160 g/mol. The Bertz CT molecular complexity index is 4910. The number of benzene rings is 10. The first-order chi connectivity index (χ1) is 44.3. The Morgan fingerprint density at radius 3 is 0.822 bits per heavy atom. The molecule has 7 nitrogen and oxygen atoms in total. The van der Waals surface area contributed by atoms with E-state index in [1.807, 2.05) is 183 Å². The number of nitriles is 1. The van der Waals surface area contributed by atoms with Crippen LogP contribution in [0.3, 0.4) is 0 Å². The lowest BCUT2D eigenvalue weighted by Crippen LogP contribution is -2.06. The average Bonchev–Trinajstić information content (AvgIpc) is 1.54. The van der Waals surface area contributed by atoms with E-state index >= 15 is 8.78 Å². The summed E-state index contributed by atoms with van der Waals surface area (Å²) in [4.78, 5) is 19.1. The van der Waals surface area contributed by atoms with Gasteiger partial charge in [-0.25, -0.2) is 8.78 Å². The molecule has 0 aliphatic rings. The molecule has 16 rings (SSSR count). The highest BCUT2D eigenvalue weighted by atomic mass is 19.1. The molecule has 90 heavy (non-hydrogen) atoms. The van der Waals surface area contributed by atoms with E-state index in [0.717, 1.165) is 139 Å². The molecule has 0 bridgehead atoms. The Labute approximate surface area is 517 Å². The van der Waals surface area contributed by atoms with E-state index in [1.165, 1.54) is 12.1 Å². The van der Waals surface area contributed by atoms with Gasteiger partial charge in [-0.1, -0.05) is 170 Å². The van der Waals surface area contributed by atoms with Crippen LogP contribution in [0, 0.1) is 23.0 Å². The van der Waals surface area contributed by atoms with Gasteiger partial charge < -0.3 is 9.13 Å². The van der Waals surface area contributed by atoms with Crippen molar-refractivity contribution in [2.75, 3.05) is 0 Å². The van der Waals surface area contributed by atoms with Gasteiger partial charge in [0, 0.05) is 80.2 Å². The number of rotatable bonds is 11. The molecule has 0 atom stereocenters. The largest absolute Gasteiger partial charge is 0.308 e. The van der Waals surface area contributed by atoms with E-state index in [9.17, 15) is 5.26 Å². The molecule has 0 saturated carbocycles. The van der Waals surface area contributed by atoms with Crippen molar-refractivity contribution in [1.82, 2.24) is 29.1 Å². The lowest BCUT2D eigenvalue weighted by atomic mass is 9.97. The zero-order valence-electron chi connectivity index (χ0n) is 48.2. The van der Waals surface area contributed by atoms with Gasteiger partial charge >= 0.3 is 0 Å². The summed E-state index contributed by atoms with van der Waals surface area (Å²) in [5, 5.41) is 15.3. The molecule has 0 aliphatic carbocycles. The number of aromatic nitrogens is 6. The Hall–Kier alpha value is -12.3. The standard InChI is InChI=1S/C81H49F2N7/c82-65-39-64(40-66(83)49-65)81-79(89-75-45-56(60-29-33-85-71(41-60)52-13-5-1-6-14-52)21-25-67(75)68-26-22-57(46-76(68)89)61-30-34-86-72(42-61)53-15-7-2-8-16-53)37-51(50-84)38-80(81)90-77-47-58(62-31-35-87-73(43-62)54-17-9-3-10-18-54)23-27-69(77)70-28-24-59(48-78(70)90)63-32-36-88-74(44-63)55-19-11-4-12-20-55/h1-49H. The first-order valence-electron chi connectivity index (χ1n) is 29.6. The Kier molecular flexibility index (Phi) is 13.2. The number of halogens is 2. The molecule has 0 saturated heterocycles. The molecule has 9 heteroatoms. The predicted octanol–water partition coefficient (Wildman–Crippen LogP) is 20.6. The van der Waals surface area contributed by atoms with Gasteiger partial charge in [-0.2, -0.15) is 5.26 Å². The summed E-state index contributed by atoms with van der Waals surface area (Å²) in [7, 11) is 0. The van der Waals surface area contributed by atoms with Gasteiger partial charge in [0.1, 0.15) is 11.6 Å². The molecular formula is C81H49F2N7. The van der Waals surface area contributed by atoms with E-state index < -0.39 is 11.6 Å². The minimum absolute atomic E-state index is 0.276. The number of hydrogen-bond donors (Lipinski definition) is 0. The van der Waals surface area contributed by atoms with Gasteiger partial charge in [0.2, 0.25) is 0 Å². The van der Waals surface area contributed by atoms with Crippen molar-refractivity contribution in [3.05, 3.63) is 315 Å². The second-order valence-corrected chi connectivity index (χ2v) is 22.4. The van der Waals surface area contributed by atoms with Crippen molar-refractivity contribution in [3.8, 4) is 118 Å². The molecule has 6 heterocycles. The minimum Gasteiger partial charge on any atom is -0.308 e. The topological polar surface area (TPSA) is 85.2 Å². The van der Waals surface area contributed by atoms with Crippen molar-refractivity contribution in [2.24, 2.45) is 0 Å². The van der Waals surface area contributed by atoms with Crippen LogP contribution in [0.1, 0.15) is 5.56 Å². The molecule has 0 aliphatic heterocycles. The molecule has 0 amide bonds. The van der Waals surface area contributed by atoms with Gasteiger partial charge in [-0.05, 0) is 147 Å².